The Bertz CT molecular complexity index is 280. The Balaban J connectivity index is 3.67. The van der Waals surface area contributed by atoms with Crippen LogP contribution in [0.25, 0.3) is 0 Å². The second-order valence-electron chi connectivity index (χ2n) is 5.85. The molecule has 0 saturated carbocycles. The third kappa shape index (κ3) is 11.7. The Morgan fingerprint density at radius 2 is 1.58 bits per heavy atom. The lowest BCUT2D eigenvalue weighted by Gasteiger charge is -2.22. The van der Waals surface area contributed by atoms with E-state index in [0.717, 1.165) is 6.42 Å². The molecule has 19 heavy (non-hydrogen) atoms. The molecule has 0 bridgehead atoms. The zero-order chi connectivity index (χ0) is 14.9. The molecule has 1 atom stereocenters. The highest BCUT2D eigenvalue weighted by Gasteiger charge is 2.16. The number of carbonyl (C=O) groups is 2. The van der Waals surface area contributed by atoms with Crippen molar-refractivity contribution in [3.63, 3.8) is 0 Å². The quantitative estimate of drug-likeness (QED) is 0.635. The molecule has 0 aliphatic rings. The van der Waals surface area contributed by atoms with E-state index in [1.165, 1.54) is 0 Å². The molecule has 0 aliphatic heterocycles. The summed E-state index contributed by atoms with van der Waals surface area (Å²) in [5.74, 6) is -0.629. The van der Waals surface area contributed by atoms with Crippen LogP contribution in [-0.2, 0) is 23.8 Å². The molecule has 1 unspecified atom stereocenters. The van der Waals surface area contributed by atoms with E-state index in [1.54, 1.807) is 6.92 Å². The SMILES string of the molecule is CCOC(=O)COCC(=O)OCC(C)CC(C)(C)C. The molecule has 0 aromatic carbocycles. The lowest BCUT2D eigenvalue weighted by molar-refractivity contribution is -0.156. The van der Waals surface area contributed by atoms with Crippen molar-refractivity contribution in [3.05, 3.63) is 0 Å². The molecule has 5 heteroatoms. The topological polar surface area (TPSA) is 61.8 Å². The normalized spacial score (nSPS) is 12.9. The van der Waals surface area contributed by atoms with Gasteiger partial charge in [0.2, 0.25) is 0 Å². The minimum Gasteiger partial charge on any atom is -0.464 e. The molecule has 0 saturated heterocycles. The molecule has 0 aromatic rings. The molecule has 5 nitrogen and oxygen atoms in total. The van der Waals surface area contributed by atoms with Gasteiger partial charge >= 0.3 is 11.9 Å². The number of hydrogen-bond donors (Lipinski definition) is 0. The molecule has 112 valence electrons. The van der Waals surface area contributed by atoms with E-state index >= 15 is 0 Å². The maximum Gasteiger partial charge on any atom is 0.332 e. The summed E-state index contributed by atoms with van der Waals surface area (Å²) in [6.07, 6.45) is 0.976. The lowest BCUT2D eigenvalue weighted by Crippen LogP contribution is -2.22. The Morgan fingerprint density at radius 3 is 2.05 bits per heavy atom. The van der Waals surface area contributed by atoms with Gasteiger partial charge in [-0.15, -0.1) is 0 Å². The minimum atomic E-state index is -0.476. The highest BCUT2D eigenvalue weighted by Crippen LogP contribution is 2.24. The summed E-state index contributed by atoms with van der Waals surface area (Å²) < 4.78 is 14.6. The third-order valence-corrected chi connectivity index (χ3v) is 2.23. The summed E-state index contributed by atoms with van der Waals surface area (Å²) in [7, 11) is 0. The van der Waals surface area contributed by atoms with Gasteiger partial charge in [-0.1, -0.05) is 27.7 Å². The zero-order valence-corrected chi connectivity index (χ0v) is 12.7. The zero-order valence-electron chi connectivity index (χ0n) is 12.7. The van der Waals surface area contributed by atoms with Crippen LogP contribution in [0.2, 0.25) is 0 Å². The smallest absolute Gasteiger partial charge is 0.332 e. The minimum absolute atomic E-state index is 0.215. The summed E-state index contributed by atoms with van der Waals surface area (Å²) in [5, 5.41) is 0. The molecule has 0 aromatic heterocycles. The van der Waals surface area contributed by atoms with E-state index in [2.05, 4.69) is 25.5 Å². The number of rotatable bonds is 8. The molecule has 0 rings (SSSR count). The van der Waals surface area contributed by atoms with Gasteiger partial charge in [-0.3, -0.25) is 0 Å². The largest absolute Gasteiger partial charge is 0.464 e. The Kier molecular flexibility index (Phi) is 8.39. The van der Waals surface area contributed by atoms with Gasteiger partial charge in [0.25, 0.3) is 0 Å². The van der Waals surface area contributed by atoms with Crippen LogP contribution in [0.15, 0.2) is 0 Å². The first kappa shape index (κ1) is 17.9. The standard InChI is InChI=1S/C14H26O5/c1-6-18-12(15)9-17-10-13(16)19-8-11(2)7-14(3,4)5/h11H,6-10H2,1-5H3. The summed E-state index contributed by atoms with van der Waals surface area (Å²) in [6, 6.07) is 0. The van der Waals surface area contributed by atoms with Crippen molar-refractivity contribution < 1.29 is 23.8 Å². The average Bonchev–Trinajstić information content (AvgIpc) is 2.24. The molecule has 0 fully saturated rings. The molecular formula is C14H26O5. The molecule has 0 N–H and O–H groups in total. The van der Waals surface area contributed by atoms with E-state index in [1.807, 2.05) is 6.92 Å². The van der Waals surface area contributed by atoms with Crippen molar-refractivity contribution >= 4 is 11.9 Å². The number of carbonyl (C=O) groups excluding carboxylic acids is 2. The van der Waals surface area contributed by atoms with E-state index in [4.69, 9.17) is 9.47 Å². The first-order valence-electron chi connectivity index (χ1n) is 6.63. The van der Waals surface area contributed by atoms with Gasteiger partial charge in [-0.25, -0.2) is 9.59 Å². The average molecular weight is 274 g/mol. The number of esters is 2. The number of ether oxygens (including phenoxy) is 3. The van der Waals surface area contributed by atoms with Crippen molar-refractivity contribution in [2.45, 2.75) is 41.0 Å². The Labute approximate surface area is 115 Å². The Morgan fingerprint density at radius 1 is 1.05 bits per heavy atom. The predicted molar refractivity (Wildman–Crippen MR) is 71.6 cm³/mol. The molecule has 0 aliphatic carbocycles. The van der Waals surface area contributed by atoms with Gasteiger partial charge in [0, 0.05) is 0 Å². The van der Waals surface area contributed by atoms with Crippen LogP contribution >= 0.6 is 0 Å². The van der Waals surface area contributed by atoms with E-state index < -0.39 is 11.9 Å². The summed E-state index contributed by atoms with van der Waals surface area (Å²) in [6.45, 7) is 10.4. The van der Waals surface area contributed by atoms with Gasteiger partial charge < -0.3 is 14.2 Å². The number of hydrogen-bond acceptors (Lipinski definition) is 5. The van der Waals surface area contributed by atoms with E-state index in [-0.39, 0.29) is 18.6 Å². The highest BCUT2D eigenvalue weighted by molar-refractivity contribution is 5.73. The maximum absolute atomic E-state index is 11.4. The fourth-order valence-corrected chi connectivity index (χ4v) is 1.80. The fourth-order valence-electron chi connectivity index (χ4n) is 1.80. The van der Waals surface area contributed by atoms with Gasteiger partial charge in [-0.2, -0.15) is 0 Å². The monoisotopic (exact) mass is 274 g/mol. The van der Waals surface area contributed by atoms with Crippen LogP contribution in [0, 0.1) is 11.3 Å². The van der Waals surface area contributed by atoms with Crippen molar-refractivity contribution in [3.8, 4) is 0 Å². The van der Waals surface area contributed by atoms with Gasteiger partial charge in [-0.05, 0) is 24.7 Å². The highest BCUT2D eigenvalue weighted by atomic mass is 16.6. The second-order valence-corrected chi connectivity index (χ2v) is 5.85. The van der Waals surface area contributed by atoms with Crippen LogP contribution in [-0.4, -0.2) is 38.4 Å². The van der Waals surface area contributed by atoms with Crippen LogP contribution in [0.5, 0.6) is 0 Å². The third-order valence-electron chi connectivity index (χ3n) is 2.23. The van der Waals surface area contributed by atoms with Crippen molar-refractivity contribution in [2.75, 3.05) is 26.4 Å². The van der Waals surface area contributed by atoms with Crippen LogP contribution < -0.4 is 0 Å². The summed E-state index contributed by atoms with van der Waals surface area (Å²) in [4.78, 5) is 22.3. The van der Waals surface area contributed by atoms with Crippen LogP contribution in [0.4, 0.5) is 0 Å². The molecule has 0 amide bonds. The van der Waals surface area contributed by atoms with Crippen LogP contribution in [0.1, 0.15) is 41.0 Å². The molecule has 0 radical (unpaired) electrons. The molecule has 0 spiro atoms. The Hall–Kier alpha value is -1.10. The first-order valence-corrected chi connectivity index (χ1v) is 6.63. The predicted octanol–water partition coefficient (Wildman–Crippen LogP) is 2.18. The van der Waals surface area contributed by atoms with Gasteiger partial charge in [0.05, 0.1) is 13.2 Å². The fraction of sp³-hybridized carbons (Fsp3) is 0.857. The van der Waals surface area contributed by atoms with Crippen molar-refractivity contribution in [1.29, 1.82) is 0 Å². The lowest BCUT2D eigenvalue weighted by atomic mass is 9.86. The van der Waals surface area contributed by atoms with Gasteiger partial charge in [0.15, 0.2) is 0 Å². The second kappa shape index (κ2) is 8.91. The van der Waals surface area contributed by atoms with Crippen molar-refractivity contribution in [1.82, 2.24) is 0 Å². The van der Waals surface area contributed by atoms with Crippen LogP contribution in [0.3, 0.4) is 0 Å². The summed E-state index contributed by atoms with van der Waals surface area (Å²) >= 11 is 0. The van der Waals surface area contributed by atoms with E-state index in [9.17, 15) is 9.59 Å². The van der Waals surface area contributed by atoms with Gasteiger partial charge in [0.1, 0.15) is 13.2 Å². The van der Waals surface area contributed by atoms with E-state index in [0.29, 0.717) is 19.1 Å². The molecule has 0 heterocycles. The molecular weight excluding hydrogens is 248 g/mol. The first-order chi connectivity index (χ1) is 8.74. The maximum atomic E-state index is 11.4. The van der Waals surface area contributed by atoms with Crippen molar-refractivity contribution in [2.24, 2.45) is 11.3 Å². The summed E-state index contributed by atoms with van der Waals surface area (Å²) in [5.41, 5.74) is 0.215.